The largest absolute Gasteiger partial charge is 0.481 e. The molecule has 1 saturated heterocycles. The Morgan fingerprint density at radius 2 is 1.81 bits per heavy atom. The van der Waals surface area contributed by atoms with Crippen molar-refractivity contribution >= 4 is 5.97 Å². The third kappa shape index (κ3) is 4.94. The molecule has 0 aromatic carbocycles. The molecule has 0 bridgehead atoms. The van der Waals surface area contributed by atoms with E-state index >= 15 is 0 Å². The number of ether oxygens (including phenoxy) is 2. The van der Waals surface area contributed by atoms with E-state index in [1.165, 1.54) is 25.7 Å². The molecule has 4 heteroatoms. The summed E-state index contributed by atoms with van der Waals surface area (Å²) in [5.41, 5.74) is 0. The second-order valence-electron chi connectivity index (χ2n) is 4.33. The third-order valence-corrected chi connectivity index (χ3v) is 2.86. The molecule has 1 aliphatic rings. The number of carboxylic acid groups (broad SMARTS) is 1. The SMILES string of the molecule is CCCCCCCC1OCC(C(=O)O)CO1. The Morgan fingerprint density at radius 1 is 1.19 bits per heavy atom. The lowest BCUT2D eigenvalue weighted by Crippen LogP contribution is -2.36. The molecule has 1 aliphatic heterocycles. The van der Waals surface area contributed by atoms with Crippen molar-refractivity contribution in [1.82, 2.24) is 0 Å². The van der Waals surface area contributed by atoms with Crippen molar-refractivity contribution in [3.8, 4) is 0 Å². The van der Waals surface area contributed by atoms with Gasteiger partial charge in [-0.25, -0.2) is 0 Å². The molecule has 0 radical (unpaired) electrons. The highest BCUT2D eigenvalue weighted by Gasteiger charge is 2.26. The van der Waals surface area contributed by atoms with Crippen LogP contribution < -0.4 is 0 Å². The predicted octanol–water partition coefficient (Wildman–Crippen LogP) is 2.42. The van der Waals surface area contributed by atoms with Gasteiger partial charge in [0.15, 0.2) is 6.29 Å². The molecule has 0 saturated carbocycles. The van der Waals surface area contributed by atoms with Crippen molar-refractivity contribution in [2.45, 2.75) is 51.7 Å². The Hall–Kier alpha value is -0.610. The molecular weight excluding hydrogens is 208 g/mol. The summed E-state index contributed by atoms with van der Waals surface area (Å²) in [4.78, 5) is 10.6. The maximum absolute atomic E-state index is 10.6. The van der Waals surface area contributed by atoms with Crippen molar-refractivity contribution in [1.29, 1.82) is 0 Å². The number of unbranched alkanes of at least 4 members (excludes halogenated alkanes) is 4. The Morgan fingerprint density at radius 3 is 2.38 bits per heavy atom. The molecule has 1 heterocycles. The quantitative estimate of drug-likeness (QED) is 0.682. The summed E-state index contributed by atoms with van der Waals surface area (Å²) in [6.45, 7) is 2.77. The molecule has 94 valence electrons. The highest BCUT2D eigenvalue weighted by atomic mass is 16.7. The molecular formula is C12H22O4. The standard InChI is InChI=1S/C12H22O4/c1-2-3-4-5-6-7-11-15-8-10(9-16-11)12(13)14/h10-11H,2-9H2,1H3,(H,13,14). The Bertz CT molecular complexity index is 197. The van der Waals surface area contributed by atoms with Crippen LogP contribution in [0.15, 0.2) is 0 Å². The zero-order chi connectivity index (χ0) is 11.8. The molecule has 1 N–H and O–H groups in total. The fourth-order valence-corrected chi connectivity index (χ4v) is 1.77. The maximum Gasteiger partial charge on any atom is 0.311 e. The van der Waals surface area contributed by atoms with E-state index in [0.29, 0.717) is 0 Å². The van der Waals surface area contributed by atoms with Crippen molar-refractivity contribution in [3.05, 3.63) is 0 Å². The first-order valence-corrected chi connectivity index (χ1v) is 6.20. The van der Waals surface area contributed by atoms with E-state index in [1.807, 2.05) is 0 Å². The number of carbonyl (C=O) groups is 1. The summed E-state index contributed by atoms with van der Waals surface area (Å²) in [5, 5.41) is 8.74. The molecule has 0 aromatic heterocycles. The second-order valence-corrected chi connectivity index (χ2v) is 4.33. The highest BCUT2D eigenvalue weighted by molar-refractivity contribution is 5.70. The molecule has 0 amide bonds. The average Bonchev–Trinajstić information content (AvgIpc) is 2.29. The van der Waals surface area contributed by atoms with Gasteiger partial charge >= 0.3 is 5.97 Å². The van der Waals surface area contributed by atoms with Crippen LogP contribution in [-0.2, 0) is 14.3 Å². The summed E-state index contributed by atoms with van der Waals surface area (Å²) in [6.07, 6.45) is 6.81. The minimum Gasteiger partial charge on any atom is -0.481 e. The van der Waals surface area contributed by atoms with E-state index in [1.54, 1.807) is 0 Å². The molecule has 1 rings (SSSR count). The summed E-state index contributed by atoms with van der Waals surface area (Å²) >= 11 is 0. The molecule has 0 spiro atoms. The summed E-state index contributed by atoms with van der Waals surface area (Å²) in [7, 11) is 0. The summed E-state index contributed by atoms with van der Waals surface area (Å²) < 4.78 is 10.7. The monoisotopic (exact) mass is 230 g/mol. The normalized spacial score (nSPS) is 25.6. The zero-order valence-electron chi connectivity index (χ0n) is 9.98. The van der Waals surface area contributed by atoms with Crippen LogP contribution in [0, 0.1) is 5.92 Å². The molecule has 0 aliphatic carbocycles. The highest BCUT2D eigenvalue weighted by Crippen LogP contribution is 2.17. The Kier molecular flexibility index (Phi) is 6.42. The van der Waals surface area contributed by atoms with Gasteiger partial charge in [0.2, 0.25) is 0 Å². The molecule has 0 atom stereocenters. The smallest absolute Gasteiger partial charge is 0.311 e. The van der Waals surface area contributed by atoms with Gasteiger partial charge in [0.1, 0.15) is 5.92 Å². The van der Waals surface area contributed by atoms with Crippen LogP contribution in [0.25, 0.3) is 0 Å². The fourth-order valence-electron chi connectivity index (χ4n) is 1.77. The van der Waals surface area contributed by atoms with Crippen LogP contribution in [0.5, 0.6) is 0 Å². The van der Waals surface area contributed by atoms with E-state index in [9.17, 15) is 4.79 Å². The van der Waals surface area contributed by atoms with Gasteiger partial charge < -0.3 is 14.6 Å². The van der Waals surface area contributed by atoms with Crippen molar-refractivity contribution in [2.24, 2.45) is 5.92 Å². The van der Waals surface area contributed by atoms with Crippen molar-refractivity contribution < 1.29 is 19.4 Å². The first-order chi connectivity index (χ1) is 7.74. The van der Waals surface area contributed by atoms with E-state index in [-0.39, 0.29) is 19.5 Å². The molecule has 1 fully saturated rings. The lowest BCUT2D eigenvalue weighted by molar-refractivity contribution is -0.209. The van der Waals surface area contributed by atoms with Gasteiger partial charge in [0, 0.05) is 0 Å². The third-order valence-electron chi connectivity index (χ3n) is 2.86. The number of carboxylic acids is 1. The minimum atomic E-state index is -0.832. The number of rotatable bonds is 7. The van der Waals surface area contributed by atoms with Crippen molar-refractivity contribution in [3.63, 3.8) is 0 Å². The number of hydrogen-bond donors (Lipinski definition) is 1. The molecule has 16 heavy (non-hydrogen) atoms. The van der Waals surface area contributed by atoms with Gasteiger partial charge in [-0.1, -0.05) is 32.6 Å². The van der Waals surface area contributed by atoms with Gasteiger partial charge in [-0.2, -0.15) is 0 Å². The molecule has 0 aromatic rings. The van der Waals surface area contributed by atoms with E-state index in [0.717, 1.165) is 12.8 Å². The number of aliphatic carboxylic acids is 1. The molecule has 0 unspecified atom stereocenters. The summed E-state index contributed by atoms with van der Waals surface area (Å²) in [5.74, 6) is -1.32. The van der Waals surface area contributed by atoms with E-state index < -0.39 is 11.9 Å². The number of hydrogen-bond acceptors (Lipinski definition) is 3. The van der Waals surface area contributed by atoms with Gasteiger partial charge in [-0.05, 0) is 12.8 Å². The van der Waals surface area contributed by atoms with Gasteiger partial charge in [0.05, 0.1) is 13.2 Å². The van der Waals surface area contributed by atoms with Crippen LogP contribution in [-0.4, -0.2) is 30.6 Å². The van der Waals surface area contributed by atoms with Gasteiger partial charge in [-0.15, -0.1) is 0 Å². The van der Waals surface area contributed by atoms with Crippen LogP contribution >= 0.6 is 0 Å². The minimum absolute atomic E-state index is 0.183. The van der Waals surface area contributed by atoms with Gasteiger partial charge in [0.25, 0.3) is 0 Å². The van der Waals surface area contributed by atoms with E-state index in [2.05, 4.69) is 6.92 Å². The maximum atomic E-state index is 10.6. The molecule has 4 nitrogen and oxygen atoms in total. The fraction of sp³-hybridized carbons (Fsp3) is 0.917. The summed E-state index contributed by atoms with van der Waals surface area (Å²) in [6, 6.07) is 0. The lowest BCUT2D eigenvalue weighted by Gasteiger charge is -2.27. The first-order valence-electron chi connectivity index (χ1n) is 6.20. The van der Waals surface area contributed by atoms with E-state index in [4.69, 9.17) is 14.6 Å². The Balaban J connectivity index is 2.02. The predicted molar refractivity (Wildman–Crippen MR) is 60.2 cm³/mol. The van der Waals surface area contributed by atoms with Crippen LogP contribution in [0.2, 0.25) is 0 Å². The Labute approximate surface area is 96.9 Å². The van der Waals surface area contributed by atoms with Crippen LogP contribution in [0.4, 0.5) is 0 Å². The zero-order valence-corrected chi connectivity index (χ0v) is 9.98. The average molecular weight is 230 g/mol. The van der Waals surface area contributed by atoms with Crippen molar-refractivity contribution in [2.75, 3.05) is 13.2 Å². The van der Waals surface area contributed by atoms with Crippen LogP contribution in [0.1, 0.15) is 45.4 Å². The lowest BCUT2D eigenvalue weighted by atomic mass is 10.1. The second kappa shape index (κ2) is 7.63. The van der Waals surface area contributed by atoms with Crippen LogP contribution in [0.3, 0.4) is 0 Å². The van der Waals surface area contributed by atoms with Gasteiger partial charge in [-0.3, -0.25) is 4.79 Å². The first kappa shape index (κ1) is 13.5. The topological polar surface area (TPSA) is 55.8 Å².